The molecule has 7 rings (SSSR count). The molecule has 2 atom stereocenters. The van der Waals surface area contributed by atoms with Crippen LogP contribution in [0.4, 0.5) is 5.69 Å². The van der Waals surface area contributed by atoms with Gasteiger partial charge in [-0.05, 0) is 40.6 Å². The van der Waals surface area contributed by atoms with Crippen molar-refractivity contribution in [1.29, 1.82) is 5.26 Å². The summed E-state index contributed by atoms with van der Waals surface area (Å²) in [7, 11) is 0. The first kappa shape index (κ1) is 23.1. The standard InChI is InChI=1S/C29H22N4O3S/c1-37-27(31-16-9-3-2-4-10-16)21(15-30)28(35)33-29(36)25-23-19-13-7-5-11-17(19)22(24(25)26(34)32-33)18-12-6-8-14-20(18)23/h2-14,22-25,31H,1H3,(H,32,34)/b27-21-. The molecule has 1 saturated heterocycles. The molecule has 2 unspecified atom stereocenters. The molecule has 3 aliphatic carbocycles. The number of nitrogens with one attached hydrogen (secondary N) is 2. The van der Waals surface area contributed by atoms with E-state index in [-0.39, 0.29) is 17.4 Å². The van der Waals surface area contributed by atoms with E-state index in [1.165, 1.54) is 11.8 Å². The molecule has 0 spiro atoms. The summed E-state index contributed by atoms with van der Waals surface area (Å²) in [5, 5.41) is 14.0. The van der Waals surface area contributed by atoms with Crippen LogP contribution in [0.25, 0.3) is 0 Å². The molecule has 1 fully saturated rings. The van der Waals surface area contributed by atoms with Crippen LogP contribution in [0.3, 0.4) is 0 Å². The lowest BCUT2D eigenvalue weighted by Gasteiger charge is -2.52. The number of imide groups is 1. The molecular formula is C29H22N4O3S. The molecule has 3 aromatic carbocycles. The number of amides is 3. The fourth-order valence-electron chi connectivity index (χ4n) is 6.00. The number of nitriles is 1. The molecule has 0 aromatic heterocycles. The highest BCUT2D eigenvalue weighted by molar-refractivity contribution is 8.02. The van der Waals surface area contributed by atoms with Crippen LogP contribution in [-0.4, -0.2) is 29.0 Å². The number of anilines is 1. The Bertz CT molecular complexity index is 1480. The van der Waals surface area contributed by atoms with Crippen molar-refractivity contribution < 1.29 is 14.4 Å². The SMILES string of the molecule is CS/C(Nc1ccccc1)=C(/C#N)C(=O)N1NC(=O)C2C3c4ccccc4C(c4ccccc43)C2C1=O. The first-order chi connectivity index (χ1) is 18.0. The summed E-state index contributed by atoms with van der Waals surface area (Å²) in [5.41, 5.74) is 7.10. The minimum absolute atomic E-state index is 0.245. The average molecular weight is 507 g/mol. The van der Waals surface area contributed by atoms with Crippen molar-refractivity contribution in [3.05, 3.63) is 112 Å². The van der Waals surface area contributed by atoms with E-state index in [0.717, 1.165) is 27.3 Å². The van der Waals surface area contributed by atoms with E-state index in [4.69, 9.17) is 0 Å². The Morgan fingerprint density at radius 2 is 1.38 bits per heavy atom. The number of carbonyl (C=O) groups excluding carboxylic acids is 3. The van der Waals surface area contributed by atoms with Gasteiger partial charge in [-0.3, -0.25) is 19.8 Å². The van der Waals surface area contributed by atoms with Crippen LogP contribution in [0, 0.1) is 23.2 Å². The summed E-state index contributed by atoms with van der Waals surface area (Å²) in [4.78, 5) is 41.1. The fourth-order valence-corrected chi connectivity index (χ4v) is 6.56. The van der Waals surface area contributed by atoms with E-state index in [9.17, 15) is 19.6 Å². The Morgan fingerprint density at radius 3 is 1.89 bits per heavy atom. The van der Waals surface area contributed by atoms with E-state index in [2.05, 4.69) is 10.7 Å². The van der Waals surface area contributed by atoms with Crippen molar-refractivity contribution in [2.24, 2.45) is 11.8 Å². The van der Waals surface area contributed by atoms with Gasteiger partial charge in [0.1, 0.15) is 11.6 Å². The third-order valence-electron chi connectivity index (χ3n) is 7.46. The molecule has 4 aliphatic rings. The number of benzene rings is 3. The van der Waals surface area contributed by atoms with Crippen molar-refractivity contribution in [3.8, 4) is 6.07 Å². The quantitative estimate of drug-likeness (QED) is 0.408. The predicted molar refractivity (Wildman–Crippen MR) is 140 cm³/mol. The minimum atomic E-state index is -0.852. The van der Waals surface area contributed by atoms with Crippen LogP contribution in [0.2, 0.25) is 0 Å². The minimum Gasteiger partial charge on any atom is -0.349 e. The second kappa shape index (κ2) is 8.95. The maximum Gasteiger partial charge on any atom is 0.292 e. The van der Waals surface area contributed by atoms with Gasteiger partial charge in [0.15, 0.2) is 0 Å². The summed E-state index contributed by atoms with van der Waals surface area (Å²) < 4.78 is 0. The number of thioether (sulfide) groups is 1. The zero-order chi connectivity index (χ0) is 25.7. The second-order valence-corrected chi connectivity index (χ2v) is 10.0. The maximum atomic E-state index is 14.0. The predicted octanol–water partition coefficient (Wildman–Crippen LogP) is 4.12. The van der Waals surface area contributed by atoms with Gasteiger partial charge in [-0.15, -0.1) is 11.8 Å². The van der Waals surface area contributed by atoms with Crippen molar-refractivity contribution in [2.75, 3.05) is 11.6 Å². The highest BCUT2D eigenvalue weighted by Gasteiger charge is 2.59. The summed E-state index contributed by atoms with van der Waals surface area (Å²) in [6, 6.07) is 26.9. The van der Waals surface area contributed by atoms with E-state index in [0.29, 0.717) is 10.7 Å². The van der Waals surface area contributed by atoms with Crippen molar-refractivity contribution in [1.82, 2.24) is 10.4 Å². The molecule has 3 amide bonds. The molecule has 2 N–H and O–H groups in total. The number of nitrogens with zero attached hydrogens (tertiary/aromatic N) is 2. The summed E-state index contributed by atoms with van der Waals surface area (Å²) in [6.07, 6.45) is 1.73. The summed E-state index contributed by atoms with van der Waals surface area (Å²) in [6.45, 7) is 0. The van der Waals surface area contributed by atoms with Gasteiger partial charge in [-0.2, -0.15) is 10.3 Å². The van der Waals surface area contributed by atoms with Crippen LogP contribution >= 0.6 is 11.8 Å². The largest absolute Gasteiger partial charge is 0.349 e. The van der Waals surface area contributed by atoms with Crippen molar-refractivity contribution >= 4 is 35.2 Å². The Kier molecular flexibility index (Phi) is 5.58. The Labute approximate surface area is 218 Å². The molecule has 0 saturated carbocycles. The average Bonchev–Trinajstić information content (AvgIpc) is 2.94. The molecule has 37 heavy (non-hydrogen) atoms. The van der Waals surface area contributed by atoms with E-state index in [1.54, 1.807) is 6.26 Å². The lowest BCUT2D eigenvalue weighted by Crippen LogP contribution is -2.65. The Balaban J connectivity index is 1.41. The van der Waals surface area contributed by atoms with Crippen molar-refractivity contribution in [3.63, 3.8) is 0 Å². The number of hydrazine groups is 1. The molecule has 1 heterocycles. The highest BCUT2D eigenvalue weighted by Crippen LogP contribution is 2.59. The number of hydrogen-bond acceptors (Lipinski definition) is 6. The van der Waals surface area contributed by atoms with Crippen LogP contribution in [0.15, 0.2) is 89.5 Å². The zero-order valence-electron chi connectivity index (χ0n) is 19.8. The van der Waals surface area contributed by atoms with Gasteiger partial charge in [-0.25, -0.2) is 0 Å². The van der Waals surface area contributed by atoms with E-state index >= 15 is 0 Å². The van der Waals surface area contributed by atoms with Gasteiger partial charge in [-0.1, -0.05) is 66.7 Å². The maximum absolute atomic E-state index is 14.0. The monoisotopic (exact) mass is 506 g/mol. The third-order valence-corrected chi connectivity index (χ3v) is 8.17. The topological polar surface area (TPSA) is 102 Å². The van der Waals surface area contributed by atoms with Crippen LogP contribution in [0.5, 0.6) is 0 Å². The first-order valence-corrected chi connectivity index (χ1v) is 13.1. The summed E-state index contributed by atoms with van der Waals surface area (Å²) in [5.74, 6) is -3.76. The molecule has 3 aromatic rings. The number of rotatable bonds is 4. The van der Waals surface area contributed by atoms with Gasteiger partial charge in [0.25, 0.3) is 11.8 Å². The van der Waals surface area contributed by atoms with E-state index < -0.39 is 29.6 Å². The number of hydrogen-bond donors (Lipinski definition) is 2. The lowest BCUT2D eigenvalue weighted by molar-refractivity contribution is -0.165. The highest BCUT2D eigenvalue weighted by atomic mass is 32.2. The van der Waals surface area contributed by atoms with Crippen molar-refractivity contribution in [2.45, 2.75) is 11.8 Å². The molecule has 1 aliphatic heterocycles. The Hall–Kier alpha value is -4.35. The smallest absolute Gasteiger partial charge is 0.292 e. The van der Waals surface area contributed by atoms with Crippen LogP contribution < -0.4 is 10.7 Å². The molecule has 8 heteroatoms. The summed E-state index contributed by atoms with van der Waals surface area (Å²) >= 11 is 1.18. The van der Waals surface area contributed by atoms with Crippen LogP contribution in [0.1, 0.15) is 34.1 Å². The molecular weight excluding hydrogens is 484 g/mol. The van der Waals surface area contributed by atoms with Gasteiger partial charge < -0.3 is 5.32 Å². The first-order valence-electron chi connectivity index (χ1n) is 11.9. The second-order valence-electron chi connectivity index (χ2n) is 9.23. The number of para-hydroxylation sites is 1. The van der Waals surface area contributed by atoms with Crippen LogP contribution in [-0.2, 0) is 14.4 Å². The normalized spacial score (nSPS) is 23.6. The van der Waals surface area contributed by atoms with Gasteiger partial charge >= 0.3 is 0 Å². The van der Waals surface area contributed by atoms with Gasteiger partial charge in [0.2, 0.25) is 5.91 Å². The Morgan fingerprint density at radius 1 is 0.865 bits per heavy atom. The zero-order valence-corrected chi connectivity index (χ0v) is 20.7. The van der Waals surface area contributed by atoms with Gasteiger partial charge in [0.05, 0.1) is 16.9 Å². The lowest BCUT2D eigenvalue weighted by atomic mass is 9.53. The van der Waals surface area contributed by atoms with Gasteiger partial charge in [0, 0.05) is 17.5 Å². The van der Waals surface area contributed by atoms with E-state index in [1.807, 2.05) is 84.9 Å². The number of carbonyl (C=O) groups is 3. The molecule has 7 nitrogen and oxygen atoms in total. The molecule has 0 radical (unpaired) electrons. The molecule has 2 bridgehead atoms. The third kappa shape index (κ3) is 3.46. The molecule has 182 valence electrons. The fraction of sp³-hybridized carbons (Fsp3) is 0.172.